The standard InChI is InChI=1S/C30H34N6O5/c1-39-27-9-4-6-22(18-27)14-15-32-35-29(38)30(19-24-7-2-3-8-25(24)20-33-36-31)21-41-28(34-30)23-10-12-26(13-11-23)40-17-5-16-37/h2-4,6-13,18,32,37H,5,14-17,19-21H2,1H3,(H,35,38)/t30-/m0/s1. The molecule has 0 fully saturated rings. The number of hydrazine groups is 1. The van der Waals surface area contributed by atoms with Gasteiger partial charge in [0, 0.05) is 36.5 Å². The van der Waals surface area contributed by atoms with Gasteiger partial charge in [-0.25, -0.2) is 10.4 Å². The maximum absolute atomic E-state index is 13.7. The molecule has 0 aliphatic carbocycles. The summed E-state index contributed by atoms with van der Waals surface area (Å²) in [5.74, 6) is 1.46. The van der Waals surface area contributed by atoms with Gasteiger partial charge in [0.15, 0.2) is 5.54 Å². The second kappa shape index (κ2) is 14.7. The van der Waals surface area contributed by atoms with Crippen LogP contribution in [0.1, 0.15) is 28.7 Å². The highest BCUT2D eigenvalue weighted by atomic mass is 16.5. The largest absolute Gasteiger partial charge is 0.497 e. The highest BCUT2D eigenvalue weighted by molar-refractivity contribution is 6.00. The fourth-order valence-electron chi connectivity index (χ4n) is 4.43. The molecule has 0 saturated carbocycles. The Morgan fingerprint density at radius 2 is 1.93 bits per heavy atom. The van der Waals surface area contributed by atoms with E-state index in [-0.39, 0.29) is 32.1 Å². The number of aliphatic hydroxyl groups excluding tert-OH is 1. The van der Waals surface area contributed by atoms with E-state index in [9.17, 15) is 4.79 Å². The lowest BCUT2D eigenvalue weighted by Crippen LogP contribution is -2.53. The number of methoxy groups -OCH3 is 1. The molecule has 1 heterocycles. The molecule has 1 aliphatic rings. The number of nitrogens with zero attached hydrogens (tertiary/aromatic N) is 4. The van der Waals surface area contributed by atoms with Crippen LogP contribution in [0.25, 0.3) is 10.4 Å². The fraction of sp³-hybridized carbons (Fsp3) is 0.333. The predicted octanol–water partition coefficient (Wildman–Crippen LogP) is 3.89. The predicted molar refractivity (Wildman–Crippen MR) is 155 cm³/mol. The Morgan fingerprint density at radius 1 is 1.12 bits per heavy atom. The number of amides is 1. The minimum atomic E-state index is -1.25. The Labute approximate surface area is 238 Å². The summed E-state index contributed by atoms with van der Waals surface area (Å²) in [6, 6.07) is 22.5. The van der Waals surface area contributed by atoms with Crippen molar-refractivity contribution in [1.82, 2.24) is 10.9 Å². The minimum absolute atomic E-state index is 0.0380. The van der Waals surface area contributed by atoms with E-state index in [0.29, 0.717) is 43.2 Å². The molecule has 0 unspecified atom stereocenters. The molecule has 11 nitrogen and oxygen atoms in total. The van der Waals surface area contributed by atoms with Crippen LogP contribution in [0.15, 0.2) is 82.9 Å². The molecule has 1 atom stereocenters. The maximum Gasteiger partial charge on any atom is 0.266 e. The number of ether oxygens (including phenoxy) is 3. The molecule has 4 rings (SSSR count). The van der Waals surface area contributed by atoms with E-state index in [2.05, 4.69) is 20.9 Å². The average molecular weight is 559 g/mol. The van der Waals surface area contributed by atoms with Gasteiger partial charge in [-0.05, 0) is 65.0 Å². The lowest BCUT2D eigenvalue weighted by Gasteiger charge is -2.24. The Balaban J connectivity index is 1.52. The van der Waals surface area contributed by atoms with Gasteiger partial charge in [-0.2, -0.15) is 0 Å². The van der Waals surface area contributed by atoms with Gasteiger partial charge in [0.25, 0.3) is 5.91 Å². The van der Waals surface area contributed by atoms with E-state index in [1.165, 1.54) is 0 Å². The molecule has 1 aliphatic heterocycles. The van der Waals surface area contributed by atoms with Crippen molar-refractivity contribution in [1.29, 1.82) is 0 Å². The van der Waals surface area contributed by atoms with Crippen molar-refractivity contribution >= 4 is 11.8 Å². The third-order valence-corrected chi connectivity index (χ3v) is 6.64. The summed E-state index contributed by atoms with van der Waals surface area (Å²) in [6.07, 6.45) is 1.47. The van der Waals surface area contributed by atoms with Crippen LogP contribution in [0, 0.1) is 0 Å². The number of hydrogen-bond acceptors (Lipinski definition) is 8. The van der Waals surface area contributed by atoms with Gasteiger partial charge in [-0.3, -0.25) is 10.2 Å². The summed E-state index contributed by atoms with van der Waals surface area (Å²) in [5, 5.41) is 12.7. The number of aliphatic imine (C=N–C) groups is 1. The van der Waals surface area contributed by atoms with Crippen LogP contribution in [0.3, 0.4) is 0 Å². The highest BCUT2D eigenvalue weighted by Crippen LogP contribution is 2.29. The van der Waals surface area contributed by atoms with Crippen molar-refractivity contribution in [2.45, 2.75) is 31.3 Å². The number of carbonyl (C=O) groups is 1. The van der Waals surface area contributed by atoms with Gasteiger partial charge in [-0.1, -0.05) is 41.5 Å². The smallest absolute Gasteiger partial charge is 0.266 e. The molecule has 3 aromatic carbocycles. The first-order valence-electron chi connectivity index (χ1n) is 13.4. The normalized spacial score (nSPS) is 15.8. The molecule has 0 aromatic heterocycles. The Kier molecular flexibility index (Phi) is 10.6. The second-order valence-electron chi connectivity index (χ2n) is 9.50. The first-order valence-corrected chi connectivity index (χ1v) is 13.4. The lowest BCUT2D eigenvalue weighted by molar-refractivity contribution is -0.127. The number of rotatable bonds is 15. The summed E-state index contributed by atoms with van der Waals surface area (Å²) in [6.45, 7) is 1.18. The molecule has 11 heteroatoms. The van der Waals surface area contributed by atoms with Crippen molar-refractivity contribution in [3.63, 3.8) is 0 Å². The first-order chi connectivity index (χ1) is 20.1. The Morgan fingerprint density at radius 3 is 2.68 bits per heavy atom. The molecule has 0 bridgehead atoms. The molecular formula is C30H34N6O5. The van der Waals surface area contributed by atoms with E-state index in [1.54, 1.807) is 19.2 Å². The number of nitrogens with one attached hydrogen (secondary N) is 2. The van der Waals surface area contributed by atoms with Crippen LogP contribution in [-0.4, -0.2) is 55.9 Å². The number of carbonyl (C=O) groups excluding carboxylic acids is 1. The van der Waals surface area contributed by atoms with Gasteiger partial charge < -0.3 is 19.3 Å². The second-order valence-corrected chi connectivity index (χ2v) is 9.50. The van der Waals surface area contributed by atoms with Crippen LogP contribution in [0.5, 0.6) is 11.5 Å². The molecule has 0 radical (unpaired) electrons. The summed E-state index contributed by atoms with van der Waals surface area (Å²) in [4.78, 5) is 21.4. The summed E-state index contributed by atoms with van der Waals surface area (Å²) >= 11 is 0. The number of aliphatic hydroxyl groups is 1. The zero-order valence-electron chi connectivity index (χ0n) is 23.0. The summed E-state index contributed by atoms with van der Waals surface area (Å²) in [7, 11) is 1.63. The fourth-order valence-corrected chi connectivity index (χ4v) is 4.43. The van der Waals surface area contributed by atoms with Gasteiger partial charge in [0.2, 0.25) is 5.90 Å². The minimum Gasteiger partial charge on any atom is -0.497 e. The van der Waals surface area contributed by atoms with E-state index < -0.39 is 5.54 Å². The molecule has 3 N–H and O–H groups in total. The quantitative estimate of drug-likeness (QED) is 0.0847. The van der Waals surface area contributed by atoms with Gasteiger partial charge >= 0.3 is 0 Å². The van der Waals surface area contributed by atoms with Crippen LogP contribution in [-0.2, 0) is 28.9 Å². The zero-order valence-corrected chi connectivity index (χ0v) is 23.0. The molecule has 214 valence electrons. The molecule has 41 heavy (non-hydrogen) atoms. The maximum atomic E-state index is 13.7. The van der Waals surface area contributed by atoms with Gasteiger partial charge in [-0.15, -0.1) is 0 Å². The van der Waals surface area contributed by atoms with Crippen LogP contribution in [0.2, 0.25) is 0 Å². The van der Waals surface area contributed by atoms with E-state index in [1.807, 2.05) is 60.7 Å². The molecule has 0 saturated heterocycles. The average Bonchev–Trinajstić information content (AvgIpc) is 3.44. The lowest BCUT2D eigenvalue weighted by atomic mass is 9.89. The van der Waals surface area contributed by atoms with Crippen LogP contribution in [0.4, 0.5) is 0 Å². The third-order valence-electron chi connectivity index (χ3n) is 6.64. The number of hydrogen-bond donors (Lipinski definition) is 3. The van der Waals surface area contributed by atoms with E-state index in [0.717, 1.165) is 22.4 Å². The molecule has 0 spiro atoms. The van der Waals surface area contributed by atoms with Gasteiger partial charge in [0.05, 0.1) is 20.3 Å². The monoisotopic (exact) mass is 558 g/mol. The van der Waals surface area contributed by atoms with Gasteiger partial charge in [0.1, 0.15) is 18.1 Å². The van der Waals surface area contributed by atoms with Crippen molar-refractivity contribution in [3.8, 4) is 11.5 Å². The van der Waals surface area contributed by atoms with Crippen molar-refractivity contribution in [2.24, 2.45) is 10.1 Å². The van der Waals surface area contributed by atoms with Crippen LogP contribution >= 0.6 is 0 Å². The first kappa shape index (κ1) is 29.4. The Bertz CT molecular complexity index is 1390. The van der Waals surface area contributed by atoms with E-state index in [4.69, 9.17) is 29.8 Å². The van der Waals surface area contributed by atoms with Crippen molar-refractivity contribution < 1.29 is 24.1 Å². The van der Waals surface area contributed by atoms with E-state index >= 15 is 0 Å². The SMILES string of the molecule is COc1cccc(CCNNC(=O)[C@]2(Cc3ccccc3CN=[N+]=[N-])COC(c3ccc(OCCCO)cc3)=N2)c1. The van der Waals surface area contributed by atoms with Crippen LogP contribution < -0.4 is 20.3 Å². The summed E-state index contributed by atoms with van der Waals surface area (Å²) < 4.78 is 16.9. The number of azide groups is 1. The zero-order chi connectivity index (χ0) is 28.9. The van der Waals surface area contributed by atoms with Crippen molar-refractivity contribution in [3.05, 3.63) is 105 Å². The highest BCUT2D eigenvalue weighted by Gasteiger charge is 2.45. The number of benzene rings is 3. The topological polar surface area (TPSA) is 150 Å². The Hall–Kier alpha value is -4.57. The molecular weight excluding hydrogens is 524 g/mol. The molecule has 3 aromatic rings. The van der Waals surface area contributed by atoms with Crippen molar-refractivity contribution in [2.75, 3.05) is 33.5 Å². The third kappa shape index (κ3) is 7.98. The summed E-state index contributed by atoms with van der Waals surface area (Å²) in [5.41, 5.74) is 16.9. The molecule has 1 amide bonds.